The van der Waals surface area contributed by atoms with Gasteiger partial charge in [0.1, 0.15) is 11.2 Å². The number of hydrogen-bond donors (Lipinski definition) is 3. The standard InChI is InChI=1S/C48H44N4O/c1-47(2,3)32-15-11-30(12-16-32)45-40-25-21-36(51-40)34-19-23-38(49-34)44(29-9-7-8-10-29)39-24-20-35(50-39)37-22-26-41(52-37)46(43-28-27-42(45)53-43)31-13-17-33(18-14-31)48(4,5)6/h7-29,49,51-52H,1-6H3. The van der Waals surface area contributed by atoms with Crippen LogP contribution in [0, 0.1) is 0 Å². The minimum absolute atomic E-state index is 0.0439. The summed E-state index contributed by atoms with van der Waals surface area (Å²) in [7, 11) is 0. The average molecular weight is 693 g/mol. The molecule has 1 aliphatic carbocycles. The highest BCUT2D eigenvalue weighted by atomic mass is 16.3. The first-order chi connectivity index (χ1) is 25.5. The van der Waals surface area contributed by atoms with Gasteiger partial charge in [-0.1, -0.05) is 114 Å². The number of fused-ring (bicyclic) bond motifs is 12. The number of nitrogens with zero attached hydrogens (tertiary/aromatic N) is 1. The second kappa shape index (κ2) is 12.3. The van der Waals surface area contributed by atoms with Crippen molar-refractivity contribution in [3.63, 3.8) is 0 Å². The van der Waals surface area contributed by atoms with Crippen LogP contribution >= 0.6 is 0 Å². The Morgan fingerprint density at radius 2 is 0.906 bits per heavy atom. The number of nitrogens with one attached hydrogen (secondary N) is 3. The van der Waals surface area contributed by atoms with Crippen molar-refractivity contribution in [2.45, 2.75) is 58.3 Å². The van der Waals surface area contributed by atoms with Crippen LogP contribution in [0.1, 0.15) is 75.5 Å². The van der Waals surface area contributed by atoms with E-state index in [1.165, 1.54) is 11.1 Å². The summed E-state index contributed by atoms with van der Waals surface area (Å²) in [5, 5.41) is 0. The van der Waals surface area contributed by atoms with Crippen molar-refractivity contribution in [3.8, 4) is 22.3 Å². The van der Waals surface area contributed by atoms with Gasteiger partial charge in [0.15, 0.2) is 0 Å². The molecule has 5 aromatic heterocycles. The van der Waals surface area contributed by atoms with Crippen LogP contribution in [-0.4, -0.2) is 19.9 Å². The molecule has 6 heterocycles. The van der Waals surface area contributed by atoms with Crippen LogP contribution in [-0.2, 0) is 10.8 Å². The number of furan rings is 1. The van der Waals surface area contributed by atoms with Crippen LogP contribution in [0.25, 0.3) is 78.7 Å². The average Bonchev–Trinajstić information content (AvgIpc) is 3.98. The molecule has 1 aliphatic heterocycles. The fourth-order valence-corrected chi connectivity index (χ4v) is 7.61. The number of H-pyrrole nitrogens is 3. The first kappa shape index (κ1) is 32.8. The molecule has 53 heavy (non-hydrogen) atoms. The minimum atomic E-state index is 0.0439. The molecular formula is C48H44N4O. The summed E-state index contributed by atoms with van der Waals surface area (Å²) in [5.41, 5.74) is 17.3. The van der Waals surface area contributed by atoms with Crippen molar-refractivity contribution in [1.29, 1.82) is 0 Å². The molecule has 7 aromatic rings. The van der Waals surface area contributed by atoms with Crippen molar-refractivity contribution >= 4 is 56.4 Å². The highest BCUT2D eigenvalue weighted by Crippen LogP contribution is 2.38. The fourth-order valence-electron chi connectivity index (χ4n) is 7.61. The molecule has 0 fully saturated rings. The van der Waals surface area contributed by atoms with Gasteiger partial charge in [-0.3, -0.25) is 0 Å². The van der Waals surface area contributed by atoms with Gasteiger partial charge in [0.2, 0.25) is 0 Å². The van der Waals surface area contributed by atoms with E-state index in [1.807, 2.05) is 0 Å². The summed E-state index contributed by atoms with van der Waals surface area (Å²) in [5.74, 6) is 0.118. The normalized spacial score (nSPS) is 13.9. The van der Waals surface area contributed by atoms with Gasteiger partial charge >= 0.3 is 0 Å². The second-order valence-corrected chi connectivity index (χ2v) is 16.4. The van der Waals surface area contributed by atoms with Crippen molar-refractivity contribution in [3.05, 3.63) is 149 Å². The summed E-state index contributed by atoms with van der Waals surface area (Å²) >= 11 is 0. The summed E-state index contributed by atoms with van der Waals surface area (Å²) in [6, 6.07) is 34.9. The molecule has 2 aliphatic rings. The zero-order valence-corrected chi connectivity index (χ0v) is 31.1. The summed E-state index contributed by atoms with van der Waals surface area (Å²) in [6.45, 7) is 13.5. The Morgan fingerprint density at radius 1 is 0.472 bits per heavy atom. The number of allylic oxidation sites excluding steroid dienone is 4. The molecule has 0 radical (unpaired) electrons. The molecule has 5 nitrogen and oxygen atoms in total. The number of aromatic amines is 3. The number of rotatable bonds is 3. The van der Waals surface area contributed by atoms with E-state index in [9.17, 15) is 0 Å². The topological polar surface area (TPSA) is 73.4 Å². The molecule has 5 heteroatoms. The Balaban J connectivity index is 1.39. The number of benzene rings is 2. The molecular weight excluding hydrogens is 649 g/mol. The van der Waals surface area contributed by atoms with Gasteiger partial charge < -0.3 is 19.4 Å². The third kappa shape index (κ3) is 5.96. The Kier molecular flexibility index (Phi) is 7.60. The molecule has 0 amide bonds. The van der Waals surface area contributed by atoms with Gasteiger partial charge in [0.25, 0.3) is 0 Å². The van der Waals surface area contributed by atoms with Gasteiger partial charge in [-0.15, -0.1) is 0 Å². The molecule has 0 spiro atoms. The van der Waals surface area contributed by atoms with E-state index in [0.717, 1.165) is 83.5 Å². The zero-order chi connectivity index (χ0) is 36.5. The monoisotopic (exact) mass is 692 g/mol. The zero-order valence-electron chi connectivity index (χ0n) is 31.1. The fraction of sp³-hybridized carbons (Fsp3) is 0.188. The van der Waals surface area contributed by atoms with E-state index in [4.69, 9.17) is 9.40 Å². The predicted molar refractivity (Wildman–Crippen MR) is 223 cm³/mol. The Morgan fingerprint density at radius 3 is 1.43 bits per heavy atom. The van der Waals surface area contributed by atoms with Gasteiger partial charge in [-0.2, -0.15) is 0 Å². The highest BCUT2D eigenvalue weighted by Gasteiger charge is 2.20. The van der Waals surface area contributed by atoms with Crippen LogP contribution in [0.15, 0.2) is 126 Å². The third-order valence-electron chi connectivity index (χ3n) is 10.6. The quantitative estimate of drug-likeness (QED) is 0.172. The second-order valence-electron chi connectivity index (χ2n) is 16.4. The maximum absolute atomic E-state index is 6.97. The number of hydrogen-bond acceptors (Lipinski definition) is 2. The SMILES string of the molecule is CC(C)(C)c1ccc(-c2c3ccc([nH]3)c3nc(c(C4C=CC=C4)c4ccc([nH]4)c4ccc([nH]4)c(-c4ccc(C(C)(C)C)cc4)c4ccc2o4)C=C3)cc1. The Labute approximate surface area is 309 Å². The van der Waals surface area contributed by atoms with Gasteiger partial charge in [-0.25, -0.2) is 4.98 Å². The van der Waals surface area contributed by atoms with E-state index in [2.05, 4.69) is 190 Å². The molecule has 0 saturated carbocycles. The molecule has 0 saturated heterocycles. The number of aromatic nitrogens is 4. The van der Waals surface area contributed by atoms with Crippen LogP contribution in [0.2, 0.25) is 0 Å². The van der Waals surface area contributed by atoms with Gasteiger partial charge in [-0.05, 0) is 93.8 Å². The molecule has 3 N–H and O–H groups in total. The Bertz CT molecular complexity index is 2770. The largest absolute Gasteiger partial charge is 0.456 e. The first-order valence-corrected chi connectivity index (χ1v) is 18.5. The van der Waals surface area contributed by atoms with Crippen LogP contribution < -0.4 is 0 Å². The lowest BCUT2D eigenvalue weighted by molar-refractivity contribution is 0.590. The molecule has 10 bridgehead atoms. The lowest BCUT2D eigenvalue weighted by Crippen LogP contribution is -2.10. The molecule has 0 unspecified atom stereocenters. The van der Waals surface area contributed by atoms with Crippen LogP contribution in [0.3, 0.4) is 0 Å². The molecule has 2 aromatic carbocycles. The molecule has 9 rings (SSSR count). The molecule has 0 atom stereocenters. The maximum atomic E-state index is 6.97. The minimum Gasteiger partial charge on any atom is -0.456 e. The predicted octanol–water partition coefficient (Wildman–Crippen LogP) is 13.1. The summed E-state index contributed by atoms with van der Waals surface area (Å²) < 4.78 is 6.97. The van der Waals surface area contributed by atoms with Crippen molar-refractivity contribution in [1.82, 2.24) is 19.9 Å². The lowest BCUT2D eigenvalue weighted by Gasteiger charge is -2.19. The van der Waals surface area contributed by atoms with Crippen molar-refractivity contribution in [2.75, 3.05) is 0 Å². The first-order valence-electron chi connectivity index (χ1n) is 18.5. The van der Waals surface area contributed by atoms with E-state index in [-0.39, 0.29) is 16.7 Å². The van der Waals surface area contributed by atoms with Crippen LogP contribution in [0.4, 0.5) is 0 Å². The van der Waals surface area contributed by atoms with Crippen LogP contribution in [0.5, 0.6) is 0 Å². The maximum Gasteiger partial charge on any atom is 0.137 e. The summed E-state index contributed by atoms with van der Waals surface area (Å²) in [4.78, 5) is 16.4. The third-order valence-corrected chi connectivity index (χ3v) is 10.6. The smallest absolute Gasteiger partial charge is 0.137 e. The van der Waals surface area contributed by atoms with E-state index < -0.39 is 0 Å². The summed E-state index contributed by atoms with van der Waals surface area (Å²) in [6.07, 6.45) is 12.9. The van der Waals surface area contributed by atoms with E-state index >= 15 is 0 Å². The van der Waals surface area contributed by atoms with E-state index in [0.29, 0.717) is 0 Å². The highest BCUT2D eigenvalue weighted by molar-refractivity contribution is 5.97. The molecule has 262 valence electrons. The Hall–Kier alpha value is -6.07. The van der Waals surface area contributed by atoms with Gasteiger partial charge in [0, 0.05) is 28.1 Å². The van der Waals surface area contributed by atoms with E-state index in [1.54, 1.807) is 0 Å². The van der Waals surface area contributed by atoms with Crippen molar-refractivity contribution < 1.29 is 4.42 Å². The van der Waals surface area contributed by atoms with Crippen molar-refractivity contribution in [2.24, 2.45) is 0 Å². The lowest BCUT2D eigenvalue weighted by atomic mass is 9.86. The van der Waals surface area contributed by atoms with Gasteiger partial charge in [0.05, 0.1) is 39.0 Å².